The van der Waals surface area contributed by atoms with Crippen LogP contribution < -0.4 is 5.32 Å². The van der Waals surface area contributed by atoms with Gasteiger partial charge in [0.1, 0.15) is 0 Å². The van der Waals surface area contributed by atoms with Crippen molar-refractivity contribution < 1.29 is 0 Å². The van der Waals surface area contributed by atoms with E-state index in [1.54, 1.807) is 0 Å². The van der Waals surface area contributed by atoms with Crippen molar-refractivity contribution in [3.05, 3.63) is 0 Å². The van der Waals surface area contributed by atoms with Gasteiger partial charge in [-0.2, -0.15) is 0 Å². The quantitative estimate of drug-likeness (QED) is 0.620. The predicted octanol–water partition coefficient (Wildman–Crippen LogP) is 3.20. The zero-order valence-electron chi connectivity index (χ0n) is 9.19. The fourth-order valence-electron chi connectivity index (χ4n) is 1.99. The van der Waals surface area contributed by atoms with Crippen LogP contribution in [-0.2, 0) is 0 Å². The Morgan fingerprint density at radius 2 is 1.58 bits per heavy atom. The van der Waals surface area contributed by atoms with Crippen LogP contribution in [0.4, 0.5) is 0 Å². The van der Waals surface area contributed by atoms with Gasteiger partial charge in [0, 0.05) is 6.04 Å². The van der Waals surface area contributed by atoms with E-state index in [-0.39, 0.29) is 0 Å². The molecule has 0 amide bonds. The summed E-state index contributed by atoms with van der Waals surface area (Å²) in [7, 11) is 2.10. The molecule has 0 fully saturated rings. The maximum Gasteiger partial charge on any atom is 0.00921 e. The summed E-state index contributed by atoms with van der Waals surface area (Å²) >= 11 is 0. The van der Waals surface area contributed by atoms with Crippen molar-refractivity contribution >= 4 is 0 Å². The minimum absolute atomic E-state index is 0.750. The van der Waals surface area contributed by atoms with E-state index in [1.807, 2.05) is 0 Å². The van der Waals surface area contributed by atoms with E-state index in [2.05, 4.69) is 33.1 Å². The van der Waals surface area contributed by atoms with Crippen LogP contribution in [0.15, 0.2) is 0 Å². The van der Waals surface area contributed by atoms with Crippen LogP contribution >= 0.6 is 0 Å². The molecule has 0 radical (unpaired) electrons. The molecule has 1 N–H and O–H groups in total. The lowest BCUT2D eigenvalue weighted by Gasteiger charge is -2.25. The van der Waals surface area contributed by atoms with Crippen molar-refractivity contribution in [3.63, 3.8) is 0 Å². The lowest BCUT2D eigenvalue weighted by atomic mass is 9.89. The third-order valence-corrected chi connectivity index (χ3v) is 2.72. The summed E-state index contributed by atoms with van der Waals surface area (Å²) in [6, 6.07) is 0.750. The lowest BCUT2D eigenvalue weighted by Crippen LogP contribution is -2.33. The highest BCUT2D eigenvalue weighted by Gasteiger charge is 2.15. The first-order valence-electron chi connectivity index (χ1n) is 5.47. The fourth-order valence-corrected chi connectivity index (χ4v) is 1.99. The van der Waals surface area contributed by atoms with Crippen LogP contribution in [0.5, 0.6) is 0 Å². The molecule has 2 atom stereocenters. The molecule has 0 spiro atoms. The SMILES string of the molecule is CCCC(CC)[C@@H](CCC)NC. The van der Waals surface area contributed by atoms with E-state index in [1.165, 1.54) is 32.1 Å². The van der Waals surface area contributed by atoms with Gasteiger partial charge in [-0.05, 0) is 25.8 Å². The first-order valence-corrected chi connectivity index (χ1v) is 5.47. The van der Waals surface area contributed by atoms with Gasteiger partial charge in [0.25, 0.3) is 0 Å². The topological polar surface area (TPSA) is 12.0 Å². The Balaban J connectivity index is 3.84. The number of rotatable bonds is 7. The molecule has 1 nitrogen and oxygen atoms in total. The lowest BCUT2D eigenvalue weighted by molar-refractivity contribution is 0.320. The highest BCUT2D eigenvalue weighted by molar-refractivity contribution is 4.73. The zero-order valence-corrected chi connectivity index (χ0v) is 9.19. The molecule has 0 aromatic heterocycles. The zero-order chi connectivity index (χ0) is 9.40. The van der Waals surface area contributed by atoms with E-state index in [0.717, 1.165) is 12.0 Å². The van der Waals surface area contributed by atoms with Crippen LogP contribution in [0.3, 0.4) is 0 Å². The van der Waals surface area contributed by atoms with Gasteiger partial charge in [0.15, 0.2) is 0 Å². The predicted molar refractivity (Wildman–Crippen MR) is 56.4 cm³/mol. The molecule has 0 heterocycles. The molecule has 0 aliphatic heterocycles. The molecule has 0 aromatic carbocycles. The first kappa shape index (κ1) is 12.0. The molecular weight excluding hydrogens is 146 g/mol. The van der Waals surface area contributed by atoms with Crippen LogP contribution in [0.25, 0.3) is 0 Å². The Morgan fingerprint density at radius 3 is 1.92 bits per heavy atom. The molecule has 0 saturated heterocycles. The van der Waals surface area contributed by atoms with Crippen molar-refractivity contribution in [2.75, 3.05) is 7.05 Å². The molecule has 74 valence electrons. The standard InChI is InChI=1S/C11H25N/c1-5-8-10(7-3)11(12-4)9-6-2/h10-12H,5-9H2,1-4H3/t10?,11-/m1/s1. The Bertz CT molecular complexity index is 79.0. The molecule has 0 bridgehead atoms. The van der Waals surface area contributed by atoms with E-state index in [4.69, 9.17) is 0 Å². The van der Waals surface area contributed by atoms with Crippen LogP contribution in [0.2, 0.25) is 0 Å². The van der Waals surface area contributed by atoms with Gasteiger partial charge in [0.05, 0.1) is 0 Å². The average Bonchev–Trinajstić information content (AvgIpc) is 2.11. The van der Waals surface area contributed by atoms with Gasteiger partial charge < -0.3 is 5.32 Å². The third-order valence-electron chi connectivity index (χ3n) is 2.72. The monoisotopic (exact) mass is 171 g/mol. The second kappa shape index (κ2) is 7.60. The number of hydrogen-bond donors (Lipinski definition) is 1. The maximum atomic E-state index is 3.44. The molecule has 0 aliphatic carbocycles. The molecular formula is C11H25N. The summed E-state index contributed by atoms with van der Waals surface area (Å²) in [6.07, 6.45) is 6.64. The van der Waals surface area contributed by atoms with Gasteiger partial charge in [-0.3, -0.25) is 0 Å². The van der Waals surface area contributed by atoms with Gasteiger partial charge in [-0.25, -0.2) is 0 Å². The molecule has 0 aromatic rings. The second-order valence-electron chi connectivity index (χ2n) is 3.64. The molecule has 12 heavy (non-hydrogen) atoms. The summed E-state index contributed by atoms with van der Waals surface area (Å²) in [4.78, 5) is 0. The fraction of sp³-hybridized carbons (Fsp3) is 1.00. The largest absolute Gasteiger partial charge is 0.317 e. The minimum Gasteiger partial charge on any atom is -0.317 e. The van der Waals surface area contributed by atoms with Crippen LogP contribution in [0.1, 0.15) is 52.9 Å². The van der Waals surface area contributed by atoms with E-state index in [0.29, 0.717) is 0 Å². The number of nitrogens with one attached hydrogen (secondary N) is 1. The molecule has 0 aliphatic rings. The molecule has 0 saturated carbocycles. The summed E-state index contributed by atoms with van der Waals surface area (Å²) in [5, 5.41) is 3.44. The Kier molecular flexibility index (Phi) is 7.58. The Morgan fingerprint density at radius 1 is 1.00 bits per heavy atom. The van der Waals surface area contributed by atoms with E-state index < -0.39 is 0 Å². The normalized spacial score (nSPS) is 16.0. The number of hydrogen-bond acceptors (Lipinski definition) is 1. The Hall–Kier alpha value is -0.0400. The van der Waals surface area contributed by atoms with Crippen molar-refractivity contribution in [1.29, 1.82) is 0 Å². The Labute approximate surface area is 77.9 Å². The van der Waals surface area contributed by atoms with Gasteiger partial charge in [-0.15, -0.1) is 0 Å². The van der Waals surface area contributed by atoms with E-state index in [9.17, 15) is 0 Å². The third kappa shape index (κ3) is 4.10. The summed E-state index contributed by atoms with van der Waals surface area (Å²) < 4.78 is 0. The summed E-state index contributed by atoms with van der Waals surface area (Å²) in [5.41, 5.74) is 0. The minimum atomic E-state index is 0.750. The average molecular weight is 171 g/mol. The van der Waals surface area contributed by atoms with Crippen LogP contribution in [0, 0.1) is 5.92 Å². The van der Waals surface area contributed by atoms with Crippen molar-refractivity contribution in [2.24, 2.45) is 5.92 Å². The van der Waals surface area contributed by atoms with Crippen LogP contribution in [-0.4, -0.2) is 13.1 Å². The van der Waals surface area contributed by atoms with Gasteiger partial charge >= 0.3 is 0 Å². The van der Waals surface area contributed by atoms with Crippen molar-refractivity contribution in [1.82, 2.24) is 5.32 Å². The highest BCUT2D eigenvalue weighted by Crippen LogP contribution is 2.18. The van der Waals surface area contributed by atoms with Crippen molar-refractivity contribution in [3.8, 4) is 0 Å². The molecule has 1 heteroatoms. The summed E-state index contributed by atoms with van der Waals surface area (Å²) in [6.45, 7) is 6.85. The summed E-state index contributed by atoms with van der Waals surface area (Å²) in [5.74, 6) is 0.889. The van der Waals surface area contributed by atoms with Gasteiger partial charge in [0.2, 0.25) is 0 Å². The van der Waals surface area contributed by atoms with Crippen molar-refractivity contribution in [2.45, 2.75) is 58.9 Å². The van der Waals surface area contributed by atoms with Gasteiger partial charge in [-0.1, -0.05) is 40.0 Å². The maximum absolute atomic E-state index is 3.44. The molecule has 0 rings (SSSR count). The van der Waals surface area contributed by atoms with E-state index >= 15 is 0 Å². The smallest absolute Gasteiger partial charge is 0.00921 e. The second-order valence-corrected chi connectivity index (χ2v) is 3.64. The highest BCUT2D eigenvalue weighted by atomic mass is 14.9. The first-order chi connectivity index (χ1) is 5.79. The molecule has 1 unspecified atom stereocenters.